The van der Waals surface area contributed by atoms with Gasteiger partial charge in [-0.25, -0.2) is 0 Å². The van der Waals surface area contributed by atoms with Crippen molar-refractivity contribution in [3.8, 4) is 44.5 Å². The van der Waals surface area contributed by atoms with E-state index < -0.39 is 0 Å². The van der Waals surface area contributed by atoms with Crippen LogP contribution in [0.3, 0.4) is 0 Å². The van der Waals surface area contributed by atoms with E-state index in [9.17, 15) is 0 Å². The summed E-state index contributed by atoms with van der Waals surface area (Å²) in [7, 11) is 0. The summed E-state index contributed by atoms with van der Waals surface area (Å²) in [6.07, 6.45) is 0. The van der Waals surface area contributed by atoms with E-state index in [1.54, 1.807) is 0 Å². The fourth-order valence-electron chi connectivity index (χ4n) is 16.9. The lowest BCUT2D eigenvalue weighted by atomic mass is 9.72. The molecule has 480 valence electrons. The second-order valence-corrected chi connectivity index (χ2v) is 33.0. The maximum absolute atomic E-state index is 2.72. The van der Waals surface area contributed by atoms with Gasteiger partial charge >= 0.3 is 0 Å². The molecule has 96 heavy (non-hydrogen) atoms. The first-order valence-corrected chi connectivity index (χ1v) is 35.2. The molecule has 0 spiro atoms. The Morgan fingerprint density at radius 2 is 0.396 bits per heavy atom. The molecule has 0 aliphatic heterocycles. The maximum atomic E-state index is 2.72. The van der Waals surface area contributed by atoms with Crippen LogP contribution >= 0.6 is 0 Å². The summed E-state index contributed by atoms with van der Waals surface area (Å²) >= 11 is 0. The van der Waals surface area contributed by atoms with Crippen molar-refractivity contribution >= 4 is 97.0 Å². The predicted molar refractivity (Wildman–Crippen MR) is 426 cm³/mol. The average molecular weight is 1250 g/mol. The molecular weight excluding hydrogens is 1150 g/mol. The predicted octanol–water partition coefficient (Wildman–Crippen LogP) is 28.1. The molecule has 0 unspecified atom stereocenters. The molecule has 0 fully saturated rings. The third-order valence-electron chi connectivity index (χ3n) is 21.6. The van der Waals surface area contributed by atoms with Crippen LogP contribution in [-0.4, -0.2) is 0 Å². The van der Waals surface area contributed by atoms with Crippen LogP contribution in [0.5, 0.6) is 0 Å². The second kappa shape index (κ2) is 22.8. The molecule has 16 aromatic carbocycles. The van der Waals surface area contributed by atoms with Crippen LogP contribution in [0.25, 0.3) is 141 Å². The molecule has 0 saturated carbocycles. The van der Waals surface area contributed by atoms with E-state index in [1.807, 2.05) is 36.4 Å². The highest BCUT2D eigenvalue weighted by Gasteiger charge is 2.34. The lowest BCUT2D eigenvalue weighted by Crippen LogP contribution is -2.12. The average Bonchev–Trinajstić information content (AvgIpc) is 0.659. The Labute approximate surface area is 571 Å². The molecule has 16 aromatic rings. The second-order valence-electron chi connectivity index (χ2n) is 33.0. The number of rotatable bonds is 4. The van der Waals surface area contributed by atoms with Crippen molar-refractivity contribution in [1.29, 1.82) is 0 Å². The fourth-order valence-corrected chi connectivity index (χ4v) is 16.9. The minimum atomic E-state index is -0.00296. The van der Waals surface area contributed by atoms with Crippen molar-refractivity contribution in [2.75, 3.05) is 0 Å². The number of hydrogen-bond acceptors (Lipinski definition) is 0. The smallest absolute Gasteiger partial charge is 0.000672 e. The van der Waals surface area contributed by atoms with Gasteiger partial charge in [0.1, 0.15) is 0 Å². The zero-order valence-electron chi connectivity index (χ0n) is 61.3. The Hall–Kier alpha value is -9.10. The van der Waals surface area contributed by atoms with E-state index in [1.165, 1.54) is 219 Å². The van der Waals surface area contributed by atoms with Crippen LogP contribution in [0.2, 0.25) is 0 Å². The van der Waals surface area contributed by atoms with Gasteiger partial charge in [0, 0.05) is 0 Å². The molecule has 0 amide bonds. The molecule has 0 bridgehead atoms. The van der Waals surface area contributed by atoms with Crippen molar-refractivity contribution in [3.05, 3.63) is 260 Å². The van der Waals surface area contributed by atoms with Crippen molar-refractivity contribution in [3.63, 3.8) is 0 Å². The van der Waals surface area contributed by atoms with Crippen molar-refractivity contribution in [1.82, 2.24) is 0 Å². The minimum Gasteiger partial charge on any atom is -0.0622 e. The Kier molecular flexibility index (Phi) is 15.2. The van der Waals surface area contributed by atoms with Gasteiger partial charge in [-0.2, -0.15) is 0 Å². The van der Waals surface area contributed by atoms with Gasteiger partial charge in [0.05, 0.1) is 0 Å². The van der Waals surface area contributed by atoms with E-state index in [2.05, 4.69) is 298 Å². The van der Waals surface area contributed by atoms with Gasteiger partial charge in [-0.15, -0.1) is 0 Å². The standard InChI is InChI=1S/C82H80.2C7H8/c1-41-31-51(79(9,10)11)32-42(2)63(41)69-55-25-21-23-49-27-29-57-72(66-47(7)37-54(38-48(66)8)82(18,19)20)62-40-60-70(64-43(3)33-52(34-44(64)4)80(12,13)14)56-26-22-24-50-28-30-58-71(65-45(5)35-53(36-46(65)6)81(15,16)17)61-39-59(69)75(73(57)67(49)55)77(62)78(61)76(60)74(58)68(50)56;2*1-7-5-3-2-4-6-7/h21-40H,1-20H3;2*2-6H,1H3. The summed E-state index contributed by atoms with van der Waals surface area (Å²) in [5, 5.41) is 24.4. The molecule has 16 rings (SSSR count). The summed E-state index contributed by atoms with van der Waals surface area (Å²) in [4.78, 5) is 0. The number of aryl methyl sites for hydroxylation is 10. The van der Waals surface area contributed by atoms with E-state index in [-0.39, 0.29) is 21.7 Å². The number of benzene rings is 16. The first kappa shape index (κ1) is 64.3. The fraction of sp³-hybridized carbons (Fsp3) is 0.271. The van der Waals surface area contributed by atoms with Crippen LogP contribution in [0, 0.1) is 69.2 Å². The van der Waals surface area contributed by atoms with Crippen LogP contribution in [0.15, 0.2) is 182 Å². The van der Waals surface area contributed by atoms with Gasteiger partial charge in [0.15, 0.2) is 0 Å². The molecule has 0 N–H and O–H groups in total. The Morgan fingerprint density at radius 1 is 0.177 bits per heavy atom. The molecule has 0 heteroatoms. The summed E-state index contributed by atoms with van der Waals surface area (Å²) in [6.45, 7) is 51.5. The first-order chi connectivity index (χ1) is 45.3. The summed E-state index contributed by atoms with van der Waals surface area (Å²) in [6, 6.07) is 70.1. The molecule has 0 heterocycles. The van der Waals surface area contributed by atoms with Gasteiger partial charge in [0.25, 0.3) is 0 Å². The van der Waals surface area contributed by atoms with E-state index in [4.69, 9.17) is 0 Å². The Bertz CT molecular complexity index is 5280. The zero-order chi connectivity index (χ0) is 68.3. The highest BCUT2D eigenvalue weighted by atomic mass is 14.4. The van der Waals surface area contributed by atoms with Gasteiger partial charge in [0.2, 0.25) is 0 Å². The van der Waals surface area contributed by atoms with Crippen molar-refractivity contribution in [2.24, 2.45) is 0 Å². The maximum Gasteiger partial charge on any atom is -0.000672 e. The van der Waals surface area contributed by atoms with Crippen LogP contribution < -0.4 is 0 Å². The molecule has 0 radical (unpaired) electrons. The quantitative estimate of drug-likeness (QED) is 0.122. The van der Waals surface area contributed by atoms with Crippen molar-refractivity contribution in [2.45, 2.75) is 174 Å². The molecule has 0 aliphatic rings. The highest BCUT2D eigenvalue weighted by Crippen LogP contribution is 2.61. The van der Waals surface area contributed by atoms with Gasteiger partial charge in [-0.05, 0) is 311 Å². The lowest BCUT2D eigenvalue weighted by molar-refractivity contribution is 0.589. The first-order valence-electron chi connectivity index (χ1n) is 35.2. The normalized spacial score (nSPS) is 12.7. The number of hydrogen-bond donors (Lipinski definition) is 0. The molecule has 0 atom stereocenters. The highest BCUT2D eigenvalue weighted by molar-refractivity contribution is 6.52. The molecule has 0 aliphatic carbocycles. The molecule has 0 nitrogen and oxygen atoms in total. The Balaban J connectivity index is 0.000000505. The van der Waals surface area contributed by atoms with Crippen LogP contribution in [0.4, 0.5) is 0 Å². The topological polar surface area (TPSA) is 0 Å². The van der Waals surface area contributed by atoms with Gasteiger partial charge in [-0.3, -0.25) is 0 Å². The van der Waals surface area contributed by atoms with Crippen LogP contribution in [0.1, 0.15) is 161 Å². The minimum absolute atomic E-state index is 0.00296. The molecule has 0 saturated heterocycles. The zero-order valence-corrected chi connectivity index (χ0v) is 61.3. The third-order valence-corrected chi connectivity index (χ3v) is 21.6. The summed E-state index contributed by atoms with van der Waals surface area (Å²) in [5.41, 5.74) is 29.6. The summed E-state index contributed by atoms with van der Waals surface area (Å²) < 4.78 is 0. The molecular formula is C96H96. The third kappa shape index (κ3) is 10.3. The SMILES string of the molecule is Cc1cc(C(C)(C)C)cc(C)c1-c1c2cccc3ccc4c(-c5c(C)cc(C(C)(C)C)cc5C)c5cc6c(-c7c(C)cc(C(C)(C)C)cc7C)c7cccc8ccc9c(-c%10c(C)cc(C(C)(C)C)cc%10C)c%10cc1c(c4c32)c5c%10c6c9c87.Cc1ccccc1.Cc1ccccc1. The van der Waals surface area contributed by atoms with E-state index in [0.717, 1.165) is 0 Å². The lowest BCUT2D eigenvalue weighted by Gasteiger charge is -2.31. The summed E-state index contributed by atoms with van der Waals surface area (Å²) in [5.74, 6) is 0. The van der Waals surface area contributed by atoms with Gasteiger partial charge in [-0.1, -0.05) is 264 Å². The largest absolute Gasteiger partial charge is 0.0622 e. The monoisotopic (exact) mass is 1250 g/mol. The molecule has 0 aromatic heterocycles. The Morgan fingerprint density at radius 3 is 0.604 bits per heavy atom. The van der Waals surface area contributed by atoms with Crippen LogP contribution in [-0.2, 0) is 21.7 Å². The van der Waals surface area contributed by atoms with Crippen molar-refractivity contribution < 1.29 is 0 Å². The van der Waals surface area contributed by atoms with E-state index in [0.29, 0.717) is 0 Å². The van der Waals surface area contributed by atoms with E-state index >= 15 is 0 Å². The van der Waals surface area contributed by atoms with Gasteiger partial charge < -0.3 is 0 Å².